The second kappa shape index (κ2) is 8.57. The van der Waals surface area contributed by atoms with E-state index in [1.165, 1.54) is 11.1 Å². The van der Waals surface area contributed by atoms with E-state index in [-0.39, 0.29) is 0 Å². The highest BCUT2D eigenvalue weighted by Crippen LogP contribution is 2.38. The molecule has 0 saturated heterocycles. The average molecular weight is 307 g/mol. The van der Waals surface area contributed by atoms with Crippen LogP contribution in [-0.4, -0.2) is 0 Å². The lowest BCUT2D eigenvalue weighted by atomic mass is 9.74. The van der Waals surface area contributed by atoms with E-state index >= 15 is 0 Å². The van der Waals surface area contributed by atoms with Gasteiger partial charge in [-0.3, -0.25) is 0 Å². The molecule has 3 unspecified atom stereocenters. The summed E-state index contributed by atoms with van der Waals surface area (Å²) in [6, 6.07) is 0. The predicted octanol–water partition coefficient (Wildman–Crippen LogP) is 5.62. The topological polar surface area (TPSA) is 26.0 Å². The molecule has 2 rings (SSSR count). The molecule has 23 heavy (non-hydrogen) atoms. The van der Waals surface area contributed by atoms with Gasteiger partial charge in [0.25, 0.3) is 0 Å². The highest BCUT2D eigenvalue weighted by molar-refractivity contribution is 5.44. The van der Waals surface area contributed by atoms with Gasteiger partial charge in [0.2, 0.25) is 0 Å². The first-order valence-corrected chi connectivity index (χ1v) is 8.65. The van der Waals surface area contributed by atoms with Crippen molar-refractivity contribution < 1.29 is 0 Å². The molecule has 0 aromatic carbocycles. The van der Waals surface area contributed by atoms with Crippen molar-refractivity contribution in [1.29, 1.82) is 0 Å². The summed E-state index contributed by atoms with van der Waals surface area (Å²) in [6.45, 7) is 8.70. The van der Waals surface area contributed by atoms with Gasteiger partial charge in [-0.15, -0.1) is 0 Å². The normalized spacial score (nSPS) is 27.5. The van der Waals surface area contributed by atoms with Gasteiger partial charge in [0.15, 0.2) is 0 Å². The van der Waals surface area contributed by atoms with Crippen molar-refractivity contribution >= 4 is 0 Å². The fourth-order valence-corrected chi connectivity index (χ4v) is 3.37. The van der Waals surface area contributed by atoms with Crippen LogP contribution >= 0.6 is 0 Å². The number of rotatable bonds is 6. The van der Waals surface area contributed by atoms with Crippen LogP contribution in [0.15, 0.2) is 84.2 Å². The quantitative estimate of drug-likeness (QED) is 0.633. The zero-order chi connectivity index (χ0) is 16.7. The molecule has 0 radical (unpaired) electrons. The zero-order valence-electron chi connectivity index (χ0n) is 14.4. The van der Waals surface area contributed by atoms with E-state index in [9.17, 15) is 0 Å². The van der Waals surface area contributed by atoms with E-state index in [0.717, 1.165) is 25.0 Å². The first-order valence-electron chi connectivity index (χ1n) is 8.65. The van der Waals surface area contributed by atoms with Crippen LogP contribution in [0.5, 0.6) is 0 Å². The van der Waals surface area contributed by atoms with Crippen LogP contribution < -0.4 is 5.73 Å². The van der Waals surface area contributed by atoms with Gasteiger partial charge in [-0.25, -0.2) is 0 Å². The molecule has 0 fully saturated rings. The van der Waals surface area contributed by atoms with E-state index in [4.69, 9.17) is 5.73 Å². The second-order valence-corrected chi connectivity index (χ2v) is 6.30. The van der Waals surface area contributed by atoms with E-state index < -0.39 is 0 Å². The SMILES string of the molecule is C=C(C1=CC=C(N)CC1CC=CCC)C1C=CC=CC1/C=C\C. The maximum absolute atomic E-state index is 6.07. The molecule has 2 N–H and O–H groups in total. The lowest BCUT2D eigenvalue weighted by Crippen LogP contribution is -2.20. The molecular formula is C22H29N. The lowest BCUT2D eigenvalue weighted by Gasteiger charge is -2.30. The first kappa shape index (κ1) is 17.3. The molecule has 0 aromatic heterocycles. The summed E-state index contributed by atoms with van der Waals surface area (Å²) in [5.74, 6) is 1.18. The molecule has 0 heterocycles. The van der Waals surface area contributed by atoms with E-state index in [1.807, 2.05) is 6.08 Å². The van der Waals surface area contributed by atoms with Crippen LogP contribution in [0, 0.1) is 17.8 Å². The Morgan fingerprint density at radius 3 is 2.78 bits per heavy atom. The number of hydrogen-bond donors (Lipinski definition) is 1. The van der Waals surface area contributed by atoms with Crippen molar-refractivity contribution in [1.82, 2.24) is 0 Å². The largest absolute Gasteiger partial charge is 0.402 e. The van der Waals surface area contributed by atoms with Gasteiger partial charge in [-0.2, -0.15) is 0 Å². The van der Waals surface area contributed by atoms with Crippen molar-refractivity contribution in [2.75, 3.05) is 0 Å². The van der Waals surface area contributed by atoms with Crippen LogP contribution in [0.4, 0.5) is 0 Å². The Hall–Kier alpha value is -2.02. The second-order valence-electron chi connectivity index (χ2n) is 6.30. The number of nitrogens with two attached hydrogens (primary N) is 1. The smallest absolute Gasteiger partial charge is 0.0116 e. The van der Waals surface area contributed by atoms with Crippen LogP contribution in [-0.2, 0) is 0 Å². The molecule has 1 nitrogen and oxygen atoms in total. The minimum absolute atomic E-state index is 0.341. The summed E-state index contributed by atoms with van der Waals surface area (Å²) < 4.78 is 0. The maximum Gasteiger partial charge on any atom is 0.0116 e. The van der Waals surface area contributed by atoms with E-state index in [2.05, 4.69) is 75.1 Å². The Morgan fingerprint density at radius 1 is 1.26 bits per heavy atom. The molecule has 2 aliphatic carbocycles. The molecule has 2 aliphatic rings. The van der Waals surface area contributed by atoms with E-state index in [0.29, 0.717) is 17.8 Å². The van der Waals surface area contributed by atoms with Crippen molar-refractivity contribution in [3.63, 3.8) is 0 Å². The van der Waals surface area contributed by atoms with E-state index in [1.54, 1.807) is 0 Å². The third-order valence-corrected chi connectivity index (χ3v) is 4.59. The molecule has 1 heteroatoms. The third kappa shape index (κ3) is 4.48. The third-order valence-electron chi connectivity index (χ3n) is 4.59. The van der Waals surface area contributed by atoms with Crippen molar-refractivity contribution in [3.05, 3.63) is 84.2 Å². The predicted molar refractivity (Wildman–Crippen MR) is 102 cm³/mol. The molecule has 0 amide bonds. The zero-order valence-corrected chi connectivity index (χ0v) is 14.4. The molecule has 3 atom stereocenters. The molecule has 0 saturated carbocycles. The van der Waals surface area contributed by atoms with Crippen molar-refractivity contribution in [2.24, 2.45) is 23.5 Å². The van der Waals surface area contributed by atoms with Crippen LogP contribution in [0.25, 0.3) is 0 Å². The summed E-state index contributed by atoms with van der Waals surface area (Å²) >= 11 is 0. The van der Waals surface area contributed by atoms with Gasteiger partial charge >= 0.3 is 0 Å². The molecule has 0 spiro atoms. The van der Waals surface area contributed by atoms with Gasteiger partial charge < -0.3 is 5.73 Å². The van der Waals surface area contributed by atoms with Gasteiger partial charge in [-0.05, 0) is 49.3 Å². The molecule has 122 valence electrons. The van der Waals surface area contributed by atoms with Crippen LogP contribution in [0.2, 0.25) is 0 Å². The highest BCUT2D eigenvalue weighted by Gasteiger charge is 2.26. The fraction of sp³-hybridized carbons (Fsp3) is 0.364. The lowest BCUT2D eigenvalue weighted by molar-refractivity contribution is 0.567. The van der Waals surface area contributed by atoms with Crippen molar-refractivity contribution in [2.45, 2.75) is 33.1 Å². The molecular weight excluding hydrogens is 278 g/mol. The summed E-state index contributed by atoms with van der Waals surface area (Å²) in [4.78, 5) is 0. The highest BCUT2D eigenvalue weighted by atomic mass is 14.6. The van der Waals surface area contributed by atoms with Gasteiger partial charge in [0.05, 0.1) is 0 Å². The average Bonchev–Trinajstić information content (AvgIpc) is 2.55. The minimum Gasteiger partial charge on any atom is -0.402 e. The summed E-state index contributed by atoms with van der Waals surface area (Å²) in [5, 5.41) is 0. The Labute approximate surface area is 141 Å². The molecule has 0 aliphatic heterocycles. The number of hydrogen-bond acceptors (Lipinski definition) is 1. The fourth-order valence-electron chi connectivity index (χ4n) is 3.37. The summed E-state index contributed by atoms with van der Waals surface area (Å²) in [6.07, 6.45) is 25.0. The Bertz CT molecular complexity index is 595. The summed E-state index contributed by atoms with van der Waals surface area (Å²) in [5.41, 5.74) is 9.63. The Balaban J connectivity index is 2.21. The van der Waals surface area contributed by atoms with Gasteiger partial charge in [0, 0.05) is 17.5 Å². The van der Waals surface area contributed by atoms with Gasteiger partial charge in [0.1, 0.15) is 0 Å². The number of allylic oxidation sites excluding steroid dienone is 13. The monoisotopic (exact) mass is 307 g/mol. The molecule has 0 aromatic rings. The Kier molecular flexibility index (Phi) is 6.46. The summed E-state index contributed by atoms with van der Waals surface area (Å²) in [7, 11) is 0. The van der Waals surface area contributed by atoms with Gasteiger partial charge in [-0.1, -0.05) is 68.2 Å². The molecule has 0 bridgehead atoms. The minimum atomic E-state index is 0.341. The van der Waals surface area contributed by atoms with Crippen LogP contribution in [0.1, 0.15) is 33.1 Å². The van der Waals surface area contributed by atoms with Crippen molar-refractivity contribution in [3.8, 4) is 0 Å². The maximum atomic E-state index is 6.07. The standard InChI is InChI=1S/C22H29N/c1-4-6-7-12-19-16-20(23)14-15-22(19)17(3)21-13-9-8-11-18(21)10-5-2/h5-11,13-15,18-19,21H,3-4,12,16,23H2,1-2H3/b7-6?,10-5-. The first-order chi connectivity index (χ1) is 11.2. The van der Waals surface area contributed by atoms with Crippen LogP contribution in [0.3, 0.4) is 0 Å². The Morgan fingerprint density at radius 2 is 2.04 bits per heavy atom.